The number of nitrogens with one attached hydrogen (secondary N) is 1. The van der Waals surface area contributed by atoms with Crippen molar-refractivity contribution in [1.82, 2.24) is 4.57 Å². The highest BCUT2D eigenvalue weighted by Gasteiger charge is 2.17. The topological polar surface area (TPSA) is 71.1 Å². The Kier molecular flexibility index (Phi) is 5.90. The van der Waals surface area contributed by atoms with Crippen LogP contribution in [0, 0.1) is 5.82 Å². The van der Waals surface area contributed by atoms with Gasteiger partial charge in [-0.1, -0.05) is 48.5 Å². The number of fused-ring (bicyclic) bond motifs is 1. The molecule has 2 N–H and O–H groups in total. The van der Waals surface area contributed by atoms with Crippen molar-refractivity contribution in [3.8, 4) is 11.6 Å². The highest BCUT2D eigenvalue weighted by atomic mass is 32.1. The van der Waals surface area contributed by atoms with Crippen LogP contribution in [-0.4, -0.2) is 21.9 Å². The van der Waals surface area contributed by atoms with Crippen LogP contribution in [0.3, 0.4) is 0 Å². The molecule has 0 aliphatic rings. The van der Waals surface area contributed by atoms with Crippen LogP contribution in [0.25, 0.3) is 10.9 Å². The molecule has 0 unspecified atom stereocenters. The lowest BCUT2D eigenvalue weighted by Gasteiger charge is -2.08. The van der Waals surface area contributed by atoms with Crippen LogP contribution in [0.5, 0.6) is 11.6 Å². The van der Waals surface area contributed by atoms with Crippen molar-refractivity contribution in [1.29, 1.82) is 0 Å². The first kappa shape index (κ1) is 20.5. The number of aromatic hydroxyl groups is 1. The largest absolute Gasteiger partial charge is 0.495 e. The lowest BCUT2D eigenvalue weighted by Crippen LogP contribution is -2.06. The van der Waals surface area contributed by atoms with Gasteiger partial charge in [0.25, 0.3) is 0 Å². The maximum atomic E-state index is 14.2. The van der Waals surface area contributed by atoms with Crippen molar-refractivity contribution < 1.29 is 14.2 Å². The molecule has 0 atom stereocenters. The highest BCUT2D eigenvalue weighted by Crippen LogP contribution is 2.39. The fraction of sp³-hybridized carbons (Fsp3) is 0.0870. The Balaban J connectivity index is 1.66. The summed E-state index contributed by atoms with van der Waals surface area (Å²) in [6, 6.07) is 21.1. The molecule has 31 heavy (non-hydrogen) atoms. The molecule has 1 aromatic heterocycles. The number of anilines is 1. The van der Waals surface area contributed by atoms with Crippen LogP contribution >= 0.6 is 12.2 Å². The van der Waals surface area contributed by atoms with E-state index in [-0.39, 0.29) is 29.0 Å². The van der Waals surface area contributed by atoms with Crippen LogP contribution in [0.2, 0.25) is 0 Å². The number of thiocarbonyl (C=S) groups is 1. The highest BCUT2D eigenvalue weighted by molar-refractivity contribution is 7.80. The summed E-state index contributed by atoms with van der Waals surface area (Å²) in [6.45, 7) is 0.151. The predicted octanol–water partition coefficient (Wildman–Crippen LogP) is 6.02. The Morgan fingerprint density at radius 3 is 2.58 bits per heavy atom. The fourth-order valence-electron chi connectivity index (χ4n) is 3.31. The molecule has 0 aliphatic carbocycles. The van der Waals surface area contributed by atoms with Gasteiger partial charge >= 0.3 is 0 Å². The minimum Gasteiger partial charge on any atom is -0.495 e. The second-order valence-electron chi connectivity index (χ2n) is 6.70. The minimum absolute atomic E-state index is 0.106. The quantitative estimate of drug-likeness (QED) is 0.297. The van der Waals surface area contributed by atoms with Gasteiger partial charge in [0, 0.05) is 10.9 Å². The van der Waals surface area contributed by atoms with Crippen molar-refractivity contribution in [2.24, 2.45) is 10.2 Å². The maximum absolute atomic E-state index is 14.2. The van der Waals surface area contributed by atoms with E-state index in [2.05, 4.69) is 15.5 Å². The zero-order valence-electron chi connectivity index (χ0n) is 16.6. The Labute approximate surface area is 183 Å². The molecule has 0 saturated heterocycles. The summed E-state index contributed by atoms with van der Waals surface area (Å²) >= 11 is 5.27. The molecule has 0 radical (unpaired) electrons. The van der Waals surface area contributed by atoms with E-state index in [0.717, 1.165) is 0 Å². The summed E-state index contributed by atoms with van der Waals surface area (Å²) in [5.74, 6) is 0.155. The molecule has 4 rings (SSSR count). The van der Waals surface area contributed by atoms with Gasteiger partial charge in [-0.2, -0.15) is 0 Å². The van der Waals surface area contributed by atoms with Gasteiger partial charge in [-0.3, -0.25) is 0 Å². The second kappa shape index (κ2) is 8.93. The smallest absolute Gasteiger partial charge is 0.221 e. The number of aromatic nitrogens is 1. The molecule has 156 valence electrons. The zero-order chi connectivity index (χ0) is 21.8. The van der Waals surface area contributed by atoms with Crippen LogP contribution < -0.4 is 10.1 Å². The number of rotatable bonds is 5. The predicted molar refractivity (Wildman–Crippen MR) is 123 cm³/mol. The van der Waals surface area contributed by atoms with Crippen LogP contribution in [-0.2, 0) is 6.54 Å². The van der Waals surface area contributed by atoms with E-state index in [0.29, 0.717) is 27.9 Å². The molecular formula is C23H19FN4O2S. The number of halogens is 1. The van der Waals surface area contributed by atoms with E-state index in [4.69, 9.17) is 17.0 Å². The van der Waals surface area contributed by atoms with Crippen LogP contribution in [0.15, 0.2) is 83.0 Å². The number of hydrogen-bond acceptors (Lipinski definition) is 4. The van der Waals surface area contributed by atoms with Crippen LogP contribution in [0.1, 0.15) is 5.56 Å². The fourth-order valence-corrected chi connectivity index (χ4v) is 3.46. The summed E-state index contributed by atoms with van der Waals surface area (Å²) in [7, 11) is 1.56. The normalized spacial score (nSPS) is 11.2. The molecule has 8 heteroatoms. The first-order valence-corrected chi connectivity index (χ1v) is 9.88. The lowest BCUT2D eigenvalue weighted by molar-refractivity contribution is 0.417. The summed E-state index contributed by atoms with van der Waals surface area (Å²) in [5.41, 5.74) is 2.08. The van der Waals surface area contributed by atoms with E-state index in [1.165, 1.54) is 6.07 Å². The average molecular weight is 434 g/mol. The van der Waals surface area contributed by atoms with Gasteiger partial charge in [0.2, 0.25) is 11.0 Å². The van der Waals surface area contributed by atoms with Crippen molar-refractivity contribution in [2.75, 3.05) is 12.4 Å². The SMILES string of the molecule is COc1ccccc1NC(=S)N=Nc1c(O)n(Cc2ccccc2F)c2ccccc12. The molecule has 6 nitrogen and oxygen atoms in total. The summed E-state index contributed by atoms with van der Waals surface area (Å²) in [5, 5.41) is 22.8. The molecule has 0 aliphatic heterocycles. The average Bonchev–Trinajstić information content (AvgIpc) is 3.05. The third-order valence-electron chi connectivity index (χ3n) is 4.79. The molecule has 0 amide bonds. The summed E-state index contributed by atoms with van der Waals surface area (Å²) in [4.78, 5) is 0. The zero-order valence-corrected chi connectivity index (χ0v) is 17.4. The standard InChI is InChI=1S/C23H19FN4O2S/c1-30-20-13-7-5-11-18(20)25-23(31)27-26-21-16-9-3-6-12-19(16)28(22(21)29)14-15-8-2-4-10-17(15)24/h2-13,29H,14H2,1H3,(H,25,31). The molecule has 4 aromatic rings. The van der Waals surface area contributed by atoms with Gasteiger partial charge < -0.3 is 19.7 Å². The first-order valence-electron chi connectivity index (χ1n) is 9.48. The maximum Gasteiger partial charge on any atom is 0.221 e. The van der Waals surface area contributed by atoms with Crippen molar-refractivity contribution in [3.63, 3.8) is 0 Å². The third-order valence-corrected chi connectivity index (χ3v) is 4.98. The Morgan fingerprint density at radius 1 is 1.06 bits per heavy atom. The van der Waals surface area contributed by atoms with E-state index in [9.17, 15) is 9.50 Å². The lowest BCUT2D eigenvalue weighted by atomic mass is 10.2. The Hall–Kier alpha value is -3.78. The van der Waals surface area contributed by atoms with E-state index in [1.54, 1.807) is 42.0 Å². The number of para-hydroxylation sites is 3. The monoisotopic (exact) mass is 434 g/mol. The molecule has 0 bridgehead atoms. The minimum atomic E-state index is -0.343. The van der Waals surface area contributed by atoms with Gasteiger partial charge in [-0.25, -0.2) is 4.39 Å². The first-order chi connectivity index (χ1) is 15.1. The van der Waals surface area contributed by atoms with Gasteiger partial charge in [0.1, 0.15) is 11.6 Å². The van der Waals surface area contributed by atoms with E-state index >= 15 is 0 Å². The molecule has 0 saturated carbocycles. The Bertz CT molecular complexity index is 1290. The van der Waals surface area contributed by atoms with Crippen molar-refractivity contribution in [3.05, 3.63) is 84.2 Å². The van der Waals surface area contributed by atoms with Crippen LogP contribution in [0.4, 0.5) is 15.8 Å². The molecule has 3 aromatic carbocycles. The number of methoxy groups -OCH3 is 1. The Morgan fingerprint density at radius 2 is 1.77 bits per heavy atom. The second-order valence-corrected chi connectivity index (χ2v) is 7.08. The van der Waals surface area contributed by atoms with Crippen molar-refractivity contribution >= 4 is 39.6 Å². The van der Waals surface area contributed by atoms with E-state index < -0.39 is 0 Å². The third kappa shape index (κ3) is 4.24. The molecular weight excluding hydrogens is 415 g/mol. The molecule has 0 fully saturated rings. The van der Waals surface area contributed by atoms with Gasteiger partial charge in [0.15, 0.2) is 5.69 Å². The van der Waals surface area contributed by atoms with Gasteiger partial charge in [0.05, 0.1) is 24.9 Å². The van der Waals surface area contributed by atoms with E-state index in [1.807, 2.05) is 36.4 Å². The number of azo groups is 1. The number of nitrogens with zero attached hydrogens (tertiary/aromatic N) is 3. The summed E-state index contributed by atoms with van der Waals surface area (Å²) < 4.78 is 21.0. The number of hydrogen-bond donors (Lipinski definition) is 2. The number of ether oxygens (including phenoxy) is 1. The molecule has 1 heterocycles. The number of benzene rings is 3. The van der Waals surface area contributed by atoms with Crippen molar-refractivity contribution in [2.45, 2.75) is 6.54 Å². The van der Waals surface area contributed by atoms with Gasteiger partial charge in [-0.15, -0.1) is 10.2 Å². The molecule has 0 spiro atoms. The van der Waals surface area contributed by atoms with Gasteiger partial charge in [-0.05, 0) is 36.5 Å². The summed E-state index contributed by atoms with van der Waals surface area (Å²) in [6.07, 6.45) is 0.